The van der Waals surface area contributed by atoms with Gasteiger partial charge in [-0.2, -0.15) is 0 Å². The zero-order valence-corrected chi connectivity index (χ0v) is 16.6. The summed E-state index contributed by atoms with van der Waals surface area (Å²) >= 11 is 0. The van der Waals surface area contributed by atoms with Crippen LogP contribution in [0.25, 0.3) is 11.6 Å². The molecule has 0 saturated carbocycles. The summed E-state index contributed by atoms with van der Waals surface area (Å²) in [5, 5.41) is 9.98. The minimum Gasteiger partial charge on any atom is -0.504 e. The minimum atomic E-state index is -0.577. The van der Waals surface area contributed by atoms with Gasteiger partial charge in [-0.1, -0.05) is 30.3 Å². The summed E-state index contributed by atoms with van der Waals surface area (Å²) in [6, 6.07) is 15.8. The quantitative estimate of drug-likeness (QED) is 0.454. The monoisotopic (exact) mass is 412 g/mol. The van der Waals surface area contributed by atoms with Crippen LogP contribution in [-0.2, 0) is 11.4 Å². The zero-order chi connectivity index (χ0) is 19.9. The number of primary amides is 1. The molecule has 6 nitrogen and oxygen atoms in total. The summed E-state index contributed by atoms with van der Waals surface area (Å²) in [5.74, 6) is 0.430. The second kappa shape index (κ2) is 10.1. The predicted octanol–water partition coefficient (Wildman–Crippen LogP) is 3.82. The number of aromatic nitrogens is 1. The average molecular weight is 413 g/mol. The second-order valence-corrected chi connectivity index (χ2v) is 5.98. The summed E-state index contributed by atoms with van der Waals surface area (Å²) in [7, 11) is 1.47. The van der Waals surface area contributed by atoms with Crippen molar-refractivity contribution in [3.8, 4) is 17.2 Å². The van der Waals surface area contributed by atoms with Crippen molar-refractivity contribution >= 4 is 30.0 Å². The van der Waals surface area contributed by atoms with Crippen LogP contribution < -0.4 is 15.2 Å². The molecule has 1 heterocycles. The highest BCUT2D eigenvalue weighted by Gasteiger charge is 2.14. The van der Waals surface area contributed by atoms with Gasteiger partial charge in [0.2, 0.25) is 5.91 Å². The van der Waals surface area contributed by atoms with E-state index in [-0.39, 0.29) is 24.8 Å². The van der Waals surface area contributed by atoms with Crippen LogP contribution >= 0.6 is 12.4 Å². The number of nitrogens with two attached hydrogens (primary N) is 1. The highest BCUT2D eigenvalue weighted by atomic mass is 35.5. The highest BCUT2D eigenvalue weighted by Crippen LogP contribution is 2.29. The molecule has 0 unspecified atom stereocenters. The normalized spacial score (nSPS) is 10.7. The van der Waals surface area contributed by atoms with Crippen molar-refractivity contribution < 1.29 is 19.4 Å². The van der Waals surface area contributed by atoms with Crippen LogP contribution in [0.1, 0.15) is 16.7 Å². The standard InChI is InChI=1S/C22H20N2O4.ClH/c1-27-21-7-6-15(13-20(21)25)12-19(22(23)26)18-5-3-2-4-16(18)14-28-17-8-10-24-11-9-17;/h2-13,25H,14H2,1H3,(H2,23,26);1H/b19-12+;. The summed E-state index contributed by atoms with van der Waals surface area (Å²) in [6.45, 7) is 0.263. The maximum absolute atomic E-state index is 12.2. The van der Waals surface area contributed by atoms with Crippen molar-refractivity contribution in [2.24, 2.45) is 5.73 Å². The van der Waals surface area contributed by atoms with E-state index in [0.29, 0.717) is 28.2 Å². The number of phenolic OH excluding ortho intramolecular Hbond substituents is 1. The molecule has 0 radical (unpaired) electrons. The topological polar surface area (TPSA) is 94.7 Å². The summed E-state index contributed by atoms with van der Waals surface area (Å²) < 4.78 is 10.8. The molecule has 1 amide bonds. The largest absolute Gasteiger partial charge is 0.504 e. The van der Waals surface area contributed by atoms with Crippen LogP contribution in [-0.4, -0.2) is 23.1 Å². The van der Waals surface area contributed by atoms with Crippen LogP contribution in [0.4, 0.5) is 0 Å². The lowest BCUT2D eigenvalue weighted by Crippen LogP contribution is -2.14. The number of nitrogens with zero attached hydrogens (tertiary/aromatic N) is 1. The van der Waals surface area contributed by atoms with Crippen LogP contribution in [0.3, 0.4) is 0 Å². The Hall–Kier alpha value is -3.51. The molecular formula is C22H21ClN2O4. The average Bonchev–Trinajstić information content (AvgIpc) is 2.71. The fourth-order valence-corrected chi connectivity index (χ4v) is 2.75. The predicted molar refractivity (Wildman–Crippen MR) is 114 cm³/mol. The Labute approximate surface area is 175 Å². The Balaban J connectivity index is 0.00000300. The van der Waals surface area contributed by atoms with E-state index in [4.69, 9.17) is 15.2 Å². The Morgan fingerprint density at radius 1 is 1.14 bits per heavy atom. The lowest BCUT2D eigenvalue weighted by molar-refractivity contribution is -0.112. The molecule has 2 aromatic carbocycles. The molecule has 3 rings (SSSR count). The molecule has 0 fully saturated rings. The van der Waals surface area contributed by atoms with Crippen molar-refractivity contribution in [1.82, 2.24) is 4.98 Å². The van der Waals surface area contributed by atoms with Crippen LogP contribution in [0.2, 0.25) is 0 Å². The van der Waals surface area contributed by atoms with Crippen LogP contribution in [0.15, 0.2) is 67.0 Å². The number of halogens is 1. The third-order valence-corrected chi connectivity index (χ3v) is 4.13. The maximum atomic E-state index is 12.2. The summed E-state index contributed by atoms with van der Waals surface area (Å²) in [4.78, 5) is 16.1. The van der Waals surface area contributed by atoms with E-state index < -0.39 is 5.91 Å². The first-order valence-electron chi connectivity index (χ1n) is 8.58. The fourth-order valence-electron chi connectivity index (χ4n) is 2.75. The van der Waals surface area contributed by atoms with Gasteiger partial charge in [-0.05, 0) is 47.0 Å². The lowest BCUT2D eigenvalue weighted by atomic mass is 9.97. The van der Waals surface area contributed by atoms with E-state index in [1.807, 2.05) is 24.3 Å². The van der Waals surface area contributed by atoms with Crippen molar-refractivity contribution in [3.05, 3.63) is 83.7 Å². The zero-order valence-electron chi connectivity index (χ0n) is 15.7. The fraction of sp³-hybridized carbons (Fsp3) is 0.0909. The molecule has 3 N–H and O–H groups in total. The molecular weight excluding hydrogens is 392 g/mol. The molecule has 0 spiro atoms. The van der Waals surface area contributed by atoms with Gasteiger partial charge in [0, 0.05) is 18.0 Å². The number of hydrogen-bond donors (Lipinski definition) is 2. The molecule has 7 heteroatoms. The Kier molecular flexibility index (Phi) is 7.62. The molecule has 0 aliphatic heterocycles. The Bertz CT molecular complexity index is 1010. The van der Waals surface area contributed by atoms with Gasteiger partial charge < -0.3 is 20.3 Å². The van der Waals surface area contributed by atoms with Gasteiger partial charge >= 0.3 is 0 Å². The summed E-state index contributed by atoms with van der Waals surface area (Å²) in [5.41, 5.74) is 8.06. The molecule has 0 aliphatic carbocycles. The minimum absolute atomic E-state index is 0. The van der Waals surface area contributed by atoms with Gasteiger partial charge in [-0.3, -0.25) is 9.78 Å². The summed E-state index contributed by atoms with van der Waals surface area (Å²) in [6.07, 6.45) is 4.92. The van der Waals surface area contributed by atoms with Crippen molar-refractivity contribution in [3.63, 3.8) is 0 Å². The van der Waals surface area contributed by atoms with Crippen molar-refractivity contribution in [2.45, 2.75) is 6.61 Å². The number of rotatable bonds is 7. The number of benzene rings is 2. The van der Waals surface area contributed by atoms with E-state index in [2.05, 4.69) is 4.98 Å². The van der Waals surface area contributed by atoms with E-state index in [1.165, 1.54) is 13.2 Å². The van der Waals surface area contributed by atoms with Crippen molar-refractivity contribution in [2.75, 3.05) is 7.11 Å². The second-order valence-electron chi connectivity index (χ2n) is 5.98. The number of phenols is 1. The number of ether oxygens (including phenoxy) is 2. The molecule has 29 heavy (non-hydrogen) atoms. The molecule has 0 bridgehead atoms. The van der Waals surface area contributed by atoms with Gasteiger partial charge in [0.05, 0.1) is 7.11 Å². The first kappa shape index (κ1) is 21.8. The third kappa shape index (κ3) is 5.49. The van der Waals surface area contributed by atoms with Crippen LogP contribution in [0.5, 0.6) is 17.2 Å². The first-order valence-corrected chi connectivity index (χ1v) is 8.58. The molecule has 1 aromatic heterocycles. The van der Waals surface area contributed by atoms with E-state index >= 15 is 0 Å². The van der Waals surface area contributed by atoms with Gasteiger partial charge in [-0.25, -0.2) is 0 Å². The van der Waals surface area contributed by atoms with Crippen LogP contribution in [0, 0.1) is 0 Å². The van der Waals surface area contributed by atoms with Crippen molar-refractivity contribution in [1.29, 1.82) is 0 Å². The number of carbonyl (C=O) groups excluding carboxylic acids is 1. The third-order valence-electron chi connectivity index (χ3n) is 4.13. The molecule has 150 valence electrons. The Morgan fingerprint density at radius 3 is 2.52 bits per heavy atom. The number of aromatic hydroxyl groups is 1. The molecule has 0 aliphatic rings. The van der Waals surface area contributed by atoms with Gasteiger partial charge in [0.25, 0.3) is 0 Å². The first-order chi connectivity index (χ1) is 13.6. The van der Waals surface area contributed by atoms with E-state index in [1.54, 1.807) is 42.7 Å². The molecule has 0 atom stereocenters. The number of pyridine rings is 1. The molecule has 0 saturated heterocycles. The number of amides is 1. The highest BCUT2D eigenvalue weighted by molar-refractivity contribution is 6.23. The Morgan fingerprint density at radius 2 is 1.86 bits per heavy atom. The number of hydrogen-bond acceptors (Lipinski definition) is 5. The van der Waals surface area contributed by atoms with Gasteiger partial charge in [0.15, 0.2) is 11.5 Å². The number of methoxy groups -OCH3 is 1. The maximum Gasteiger partial charge on any atom is 0.249 e. The van der Waals surface area contributed by atoms with Gasteiger partial charge in [-0.15, -0.1) is 12.4 Å². The smallest absolute Gasteiger partial charge is 0.249 e. The van der Waals surface area contributed by atoms with E-state index in [9.17, 15) is 9.90 Å². The SMILES string of the molecule is COc1ccc(/C=C(/C(N)=O)c2ccccc2COc2ccncc2)cc1O.Cl. The molecule has 3 aromatic rings. The lowest BCUT2D eigenvalue weighted by Gasteiger charge is -2.13. The van der Waals surface area contributed by atoms with Gasteiger partial charge in [0.1, 0.15) is 12.4 Å². The van der Waals surface area contributed by atoms with E-state index in [0.717, 1.165) is 5.56 Å². The number of carbonyl (C=O) groups is 1.